The molecule has 0 spiro atoms. The van der Waals surface area contributed by atoms with Crippen molar-refractivity contribution < 1.29 is 17.9 Å². The molecular formula is C14H17NO4S. The molecule has 108 valence electrons. The van der Waals surface area contributed by atoms with Gasteiger partial charge in [-0.1, -0.05) is 17.7 Å². The van der Waals surface area contributed by atoms with Crippen molar-refractivity contribution in [3.63, 3.8) is 0 Å². The molecule has 0 saturated carbocycles. The summed E-state index contributed by atoms with van der Waals surface area (Å²) in [5, 5.41) is 8.77. The molecule has 0 aliphatic carbocycles. The van der Waals surface area contributed by atoms with Crippen LogP contribution in [0.25, 0.3) is 0 Å². The lowest BCUT2D eigenvalue weighted by molar-refractivity contribution is 0.236. The number of furan rings is 1. The van der Waals surface area contributed by atoms with Gasteiger partial charge < -0.3 is 9.52 Å². The minimum atomic E-state index is -3.76. The van der Waals surface area contributed by atoms with E-state index in [0.29, 0.717) is 5.69 Å². The van der Waals surface area contributed by atoms with Gasteiger partial charge >= 0.3 is 0 Å². The Balaban J connectivity index is 2.43. The zero-order valence-corrected chi connectivity index (χ0v) is 12.4. The zero-order chi connectivity index (χ0) is 14.9. The predicted octanol–water partition coefficient (Wildman–Crippen LogP) is 2.21. The fraction of sp³-hybridized carbons (Fsp3) is 0.286. The molecule has 1 N–H and O–H groups in total. The van der Waals surface area contributed by atoms with Crippen LogP contribution in [0.15, 0.2) is 39.8 Å². The third kappa shape index (κ3) is 2.57. The molecule has 2 aromatic rings. The molecule has 0 amide bonds. The number of aliphatic hydroxyl groups is 1. The van der Waals surface area contributed by atoms with E-state index in [0.717, 1.165) is 11.1 Å². The fourth-order valence-corrected chi connectivity index (χ4v) is 3.19. The van der Waals surface area contributed by atoms with E-state index >= 15 is 0 Å². The third-order valence-corrected chi connectivity index (χ3v) is 4.74. The van der Waals surface area contributed by atoms with E-state index in [1.165, 1.54) is 23.5 Å². The largest absolute Gasteiger partial charge is 0.445 e. The van der Waals surface area contributed by atoms with Gasteiger partial charge in [-0.15, -0.1) is 0 Å². The van der Waals surface area contributed by atoms with Crippen LogP contribution in [0.2, 0.25) is 0 Å². The highest BCUT2D eigenvalue weighted by molar-refractivity contribution is 7.92. The molecule has 0 aliphatic heterocycles. The van der Waals surface area contributed by atoms with Gasteiger partial charge in [0.1, 0.15) is 12.4 Å². The van der Waals surface area contributed by atoms with Crippen molar-refractivity contribution in [2.75, 3.05) is 11.4 Å². The summed E-state index contributed by atoms with van der Waals surface area (Å²) in [6, 6.07) is 8.33. The Bertz CT molecular complexity index is 719. The predicted molar refractivity (Wildman–Crippen MR) is 76.1 cm³/mol. The van der Waals surface area contributed by atoms with Crippen molar-refractivity contribution in [3.05, 3.63) is 47.2 Å². The summed E-state index contributed by atoms with van der Waals surface area (Å²) in [4.78, 5) is 0. The van der Waals surface area contributed by atoms with Crippen LogP contribution < -0.4 is 4.31 Å². The Morgan fingerprint density at radius 2 is 1.90 bits per heavy atom. The molecule has 5 nitrogen and oxygen atoms in total. The second-order valence-corrected chi connectivity index (χ2v) is 6.54. The van der Waals surface area contributed by atoms with Gasteiger partial charge in [0.05, 0.1) is 5.69 Å². The Hall–Kier alpha value is -1.79. The Morgan fingerprint density at radius 1 is 1.20 bits per heavy atom. The van der Waals surface area contributed by atoms with E-state index in [2.05, 4.69) is 0 Å². The maximum Gasteiger partial charge on any atom is 0.297 e. The highest BCUT2D eigenvalue weighted by Gasteiger charge is 2.25. The number of aryl methyl sites for hydroxylation is 2. The number of aliphatic hydroxyl groups excluding tert-OH is 1. The first-order chi connectivity index (χ1) is 9.36. The maximum absolute atomic E-state index is 12.4. The van der Waals surface area contributed by atoms with Crippen LogP contribution in [0.3, 0.4) is 0 Å². The molecule has 20 heavy (non-hydrogen) atoms. The SMILES string of the molecule is Cc1ccc(N(C)S(=O)(=O)c2ccc(CO)o2)c(C)c1. The van der Waals surface area contributed by atoms with E-state index in [-0.39, 0.29) is 17.5 Å². The normalized spacial score (nSPS) is 11.6. The Labute approximate surface area is 118 Å². The van der Waals surface area contributed by atoms with Gasteiger partial charge in [0.2, 0.25) is 5.09 Å². The minimum absolute atomic E-state index is 0.177. The van der Waals surface area contributed by atoms with Crippen LogP contribution in [-0.4, -0.2) is 20.6 Å². The number of rotatable bonds is 4. The van der Waals surface area contributed by atoms with E-state index in [9.17, 15) is 8.42 Å². The van der Waals surface area contributed by atoms with Gasteiger partial charge in [0.25, 0.3) is 10.0 Å². The maximum atomic E-state index is 12.4. The van der Waals surface area contributed by atoms with Crippen LogP contribution in [0.4, 0.5) is 5.69 Å². The molecule has 0 fully saturated rings. The fourth-order valence-electron chi connectivity index (χ4n) is 2.00. The summed E-state index contributed by atoms with van der Waals surface area (Å²) in [6.45, 7) is 3.48. The first-order valence-corrected chi connectivity index (χ1v) is 7.56. The van der Waals surface area contributed by atoms with Crippen LogP contribution in [0.1, 0.15) is 16.9 Å². The second-order valence-electron chi connectivity index (χ2n) is 4.64. The molecule has 2 rings (SSSR count). The molecular weight excluding hydrogens is 278 g/mol. The van der Waals surface area contributed by atoms with Crippen LogP contribution in [0, 0.1) is 13.8 Å². The van der Waals surface area contributed by atoms with Crippen molar-refractivity contribution in [1.82, 2.24) is 0 Å². The highest BCUT2D eigenvalue weighted by atomic mass is 32.2. The van der Waals surface area contributed by atoms with Crippen molar-refractivity contribution in [2.45, 2.75) is 25.5 Å². The summed E-state index contributed by atoms with van der Waals surface area (Å²) >= 11 is 0. The first kappa shape index (κ1) is 14.6. The average molecular weight is 295 g/mol. The standard InChI is InChI=1S/C14H17NO4S/c1-10-4-6-13(11(2)8-10)15(3)20(17,18)14-7-5-12(9-16)19-14/h4-8,16H,9H2,1-3H3. The van der Waals surface area contributed by atoms with Gasteiger partial charge in [-0.3, -0.25) is 4.31 Å². The molecule has 0 bridgehead atoms. The summed E-state index contributed by atoms with van der Waals surface area (Å²) in [5.74, 6) is 0.220. The van der Waals surface area contributed by atoms with Crippen LogP contribution in [-0.2, 0) is 16.6 Å². The van der Waals surface area contributed by atoms with Gasteiger partial charge in [0.15, 0.2) is 0 Å². The van der Waals surface area contributed by atoms with E-state index < -0.39 is 10.0 Å². The first-order valence-electron chi connectivity index (χ1n) is 6.12. The molecule has 0 saturated heterocycles. The van der Waals surface area contributed by atoms with Crippen molar-refractivity contribution in [3.8, 4) is 0 Å². The second kappa shape index (κ2) is 5.30. The average Bonchev–Trinajstić information content (AvgIpc) is 2.87. The molecule has 0 atom stereocenters. The Kier molecular flexibility index (Phi) is 3.87. The van der Waals surface area contributed by atoms with E-state index in [1.807, 2.05) is 26.0 Å². The lowest BCUT2D eigenvalue weighted by Crippen LogP contribution is -2.26. The van der Waals surface area contributed by atoms with Gasteiger partial charge in [-0.05, 0) is 37.6 Å². The number of hydrogen-bond acceptors (Lipinski definition) is 4. The number of benzene rings is 1. The topological polar surface area (TPSA) is 70.8 Å². The van der Waals surface area contributed by atoms with Crippen molar-refractivity contribution in [2.24, 2.45) is 0 Å². The molecule has 6 heteroatoms. The monoisotopic (exact) mass is 295 g/mol. The van der Waals surface area contributed by atoms with Gasteiger partial charge in [-0.2, -0.15) is 8.42 Å². The Morgan fingerprint density at radius 3 is 2.45 bits per heavy atom. The number of sulfonamides is 1. The van der Waals surface area contributed by atoms with E-state index in [1.54, 1.807) is 6.07 Å². The lowest BCUT2D eigenvalue weighted by Gasteiger charge is -2.20. The summed E-state index contributed by atoms with van der Waals surface area (Å²) < 4.78 is 31.2. The number of anilines is 1. The van der Waals surface area contributed by atoms with Crippen molar-refractivity contribution >= 4 is 15.7 Å². The summed E-state index contributed by atoms with van der Waals surface area (Å²) in [5.41, 5.74) is 2.53. The molecule has 1 aromatic heterocycles. The molecule has 0 aliphatic rings. The van der Waals surface area contributed by atoms with Gasteiger partial charge in [0, 0.05) is 7.05 Å². The highest BCUT2D eigenvalue weighted by Crippen LogP contribution is 2.26. The van der Waals surface area contributed by atoms with Crippen molar-refractivity contribution in [1.29, 1.82) is 0 Å². The molecule has 0 radical (unpaired) electrons. The van der Waals surface area contributed by atoms with Crippen LogP contribution >= 0.6 is 0 Å². The third-order valence-electron chi connectivity index (χ3n) is 3.10. The quantitative estimate of drug-likeness (QED) is 0.939. The van der Waals surface area contributed by atoms with E-state index in [4.69, 9.17) is 9.52 Å². The molecule has 1 aromatic carbocycles. The molecule has 1 heterocycles. The zero-order valence-electron chi connectivity index (χ0n) is 11.6. The number of hydrogen-bond donors (Lipinski definition) is 1. The summed E-state index contributed by atoms with van der Waals surface area (Å²) in [7, 11) is -2.28. The summed E-state index contributed by atoms with van der Waals surface area (Å²) in [6.07, 6.45) is 0. The van der Waals surface area contributed by atoms with Gasteiger partial charge in [-0.25, -0.2) is 0 Å². The minimum Gasteiger partial charge on any atom is -0.445 e. The lowest BCUT2D eigenvalue weighted by atomic mass is 10.1. The van der Waals surface area contributed by atoms with Crippen LogP contribution in [0.5, 0.6) is 0 Å². The smallest absolute Gasteiger partial charge is 0.297 e. The molecule has 0 unspecified atom stereocenters. The number of nitrogens with zero attached hydrogens (tertiary/aromatic N) is 1.